The van der Waals surface area contributed by atoms with Crippen molar-refractivity contribution in [1.82, 2.24) is 0 Å². The SMILES string of the molecule is C=C(C)C(=O)C(O)C(CC)CC. The van der Waals surface area contributed by atoms with Gasteiger partial charge in [-0.3, -0.25) is 4.79 Å². The molecule has 12 heavy (non-hydrogen) atoms. The lowest BCUT2D eigenvalue weighted by Gasteiger charge is -2.18. The summed E-state index contributed by atoms with van der Waals surface area (Å²) < 4.78 is 0. The zero-order valence-electron chi connectivity index (χ0n) is 8.13. The summed E-state index contributed by atoms with van der Waals surface area (Å²) in [5, 5.41) is 9.54. The van der Waals surface area contributed by atoms with Crippen LogP contribution in [0.5, 0.6) is 0 Å². The number of hydrogen-bond donors (Lipinski definition) is 1. The van der Waals surface area contributed by atoms with Crippen molar-refractivity contribution in [3.8, 4) is 0 Å². The molecule has 0 aromatic heterocycles. The zero-order chi connectivity index (χ0) is 9.72. The molecule has 1 unspecified atom stereocenters. The standard InChI is InChI=1S/C10H18O2/c1-5-8(6-2)10(12)9(11)7(3)4/h8,10,12H,3,5-6H2,1-2,4H3. The van der Waals surface area contributed by atoms with E-state index in [4.69, 9.17) is 0 Å². The normalized spacial score (nSPS) is 13.1. The fraction of sp³-hybridized carbons (Fsp3) is 0.700. The molecule has 0 radical (unpaired) electrons. The molecule has 1 atom stereocenters. The van der Waals surface area contributed by atoms with E-state index in [2.05, 4.69) is 6.58 Å². The van der Waals surface area contributed by atoms with E-state index >= 15 is 0 Å². The Kier molecular flexibility index (Phi) is 4.83. The molecule has 0 aromatic carbocycles. The molecule has 0 heterocycles. The summed E-state index contributed by atoms with van der Waals surface area (Å²) in [6.45, 7) is 9.10. The molecule has 70 valence electrons. The van der Waals surface area contributed by atoms with Crippen LogP contribution in [0.4, 0.5) is 0 Å². The van der Waals surface area contributed by atoms with E-state index in [-0.39, 0.29) is 11.7 Å². The van der Waals surface area contributed by atoms with E-state index in [1.54, 1.807) is 6.92 Å². The first-order valence-electron chi connectivity index (χ1n) is 4.42. The molecule has 0 rings (SSSR count). The fourth-order valence-corrected chi connectivity index (χ4v) is 1.20. The predicted molar refractivity (Wildman–Crippen MR) is 49.9 cm³/mol. The number of carbonyl (C=O) groups is 1. The minimum atomic E-state index is -0.850. The van der Waals surface area contributed by atoms with Gasteiger partial charge in [0, 0.05) is 0 Å². The van der Waals surface area contributed by atoms with Crippen molar-refractivity contribution in [2.45, 2.75) is 39.7 Å². The lowest BCUT2D eigenvalue weighted by atomic mass is 9.91. The molecule has 0 saturated heterocycles. The van der Waals surface area contributed by atoms with Gasteiger partial charge in [-0.05, 0) is 18.4 Å². The Balaban J connectivity index is 4.25. The first-order valence-corrected chi connectivity index (χ1v) is 4.42. The molecule has 0 bridgehead atoms. The molecule has 0 spiro atoms. The lowest BCUT2D eigenvalue weighted by molar-refractivity contribution is -0.126. The maximum Gasteiger partial charge on any atom is 0.186 e. The van der Waals surface area contributed by atoms with Crippen LogP contribution in [0.15, 0.2) is 12.2 Å². The van der Waals surface area contributed by atoms with Gasteiger partial charge < -0.3 is 5.11 Å². The van der Waals surface area contributed by atoms with Gasteiger partial charge in [0.1, 0.15) is 6.10 Å². The van der Waals surface area contributed by atoms with Crippen LogP contribution in [0, 0.1) is 5.92 Å². The quantitative estimate of drug-likeness (QED) is 0.640. The van der Waals surface area contributed by atoms with Crippen LogP contribution in [0.3, 0.4) is 0 Å². The van der Waals surface area contributed by atoms with Crippen LogP contribution < -0.4 is 0 Å². The maximum atomic E-state index is 11.3. The van der Waals surface area contributed by atoms with Crippen LogP contribution in [-0.2, 0) is 4.79 Å². The minimum Gasteiger partial charge on any atom is -0.385 e. The van der Waals surface area contributed by atoms with Crippen molar-refractivity contribution in [1.29, 1.82) is 0 Å². The Morgan fingerprint density at radius 1 is 1.42 bits per heavy atom. The van der Waals surface area contributed by atoms with E-state index in [1.165, 1.54) is 0 Å². The molecule has 2 nitrogen and oxygen atoms in total. The van der Waals surface area contributed by atoms with Gasteiger partial charge >= 0.3 is 0 Å². The van der Waals surface area contributed by atoms with Crippen molar-refractivity contribution in [3.63, 3.8) is 0 Å². The van der Waals surface area contributed by atoms with E-state index < -0.39 is 6.10 Å². The van der Waals surface area contributed by atoms with Crippen molar-refractivity contribution >= 4 is 5.78 Å². The minimum absolute atomic E-state index is 0.0780. The van der Waals surface area contributed by atoms with Crippen LogP contribution in [-0.4, -0.2) is 17.0 Å². The van der Waals surface area contributed by atoms with Crippen molar-refractivity contribution < 1.29 is 9.90 Å². The summed E-state index contributed by atoms with van der Waals surface area (Å²) in [5.74, 6) is -0.141. The third-order valence-electron chi connectivity index (χ3n) is 2.18. The van der Waals surface area contributed by atoms with Crippen LogP contribution in [0.1, 0.15) is 33.6 Å². The molecular weight excluding hydrogens is 152 g/mol. The summed E-state index contributed by atoms with van der Waals surface area (Å²) in [6, 6.07) is 0. The van der Waals surface area contributed by atoms with Gasteiger partial charge in [0.05, 0.1) is 0 Å². The molecule has 0 aromatic rings. The molecule has 1 N–H and O–H groups in total. The molecule has 0 amide bonds. The van der Waals surface area contributed by atoms with E-state index in [9.17, 15) is 9.90 Å². The van der Waals surface area contributed by atoms with Crippen molar-refractivity contribution in [2.75, 3.05) is 0 Å². The largest absolute Gasteiger partial charge is 0.385 e. The predicted octanol–water partition coefficient (Wildman–Crippen LogP) is 1.93. The Labute approximate surface area is 74.3 Å². The highest BCUT2D eigenvalue weighted by molar-refractivity contribution is 5.97. The first-order chi connectivity index (χ1) is 5.54. The average Bonchev–Trinajstić information content (AvgIpc) is 2.05. The van der Waals surface area contributed by atoms with Crippen molar-refractivity contribution in [3.05, 3.63) is 12.2 Å². The van der Waals surface area contributed by atoms with E-state index in [0.717, 1.165) is 12.8 Å². The third-order valence-corrected chi connectivity index (χ3v) is 2.18. The highest BCUT2D eigenvalue weighted by Gasteiger charge is 2.22. The van der Waals surface area contributed by atoms with Gasteiger partial charge in [0.15, 0.2) is 5.78 Å². The summed E-state index contributed by atoms with van der Waals surface area (Å²) in [4.78, 5) is 11.3. The Morgan fingerprint density at radius 3 is 2.08 bits per heavy atom. The summed E-state index contributed by atoms with van der Waals surface area (Å²) in [6.07, 6.45) is 0.811. The topological polar surface area (TPSA) is 37.3 Å². The van der Waals surface area contributed by atoms with E-state index in [0.29, 0.717) is 5.57 Å². The summed E-state index contributed by atoms with van der Waals surface area (Å²) in [7, 11) is 0. The molecule has 0 aliphatic carbocycles. The average molecular weight is 170 g/mol. The number of Topliss-reactive ketones (excluding diaryl/α,β-unsaturated/α-hetero) is 1. The molecule has 0 saturated carbocycles. The highest BCUT2D eigenvalue weighted by Crippen LogP contribution is 2.15. The van der Waals surface area contributed by atoms with Gasteiger partial charge in [-0.1, -0.05) is 33.3 Å². The molecule has 0 aliphatic rings. The number of carbonyl (C=O) groups excluding carboxylic acids is 1. The third kappa shape index (κ3) is 2.78. The fourth-order valence-electron chi connectivity index (χ4n) is 1.20. The second-order valence-electron chi connectivity index (χ2n) is 3.17. The number of aliphatic hydroxyl groups is 1. The van der Waals surface area contributed by atoms with Gasteiger partial charge in [0.2, 0.25) is 0 Å². The molecule has 0 aliphatic heterocycles. The summed E-state index contributed by atoms with van der Waals surface area (Å²) in [5.41, 5.74) is 0.439. The van der Waals surface area contributed by atoms with Gasteiger partial charge in [-0.2, -0.15) is 0 Å². The summed E-state index contributed by atoms with van der Waals surface area (Å²) >= 11 is 0. The number of hydrogen-bond acceptors (Lipinski definition) is 2. The van der Waals surface area contributed by atoms with Gasteiger partial charge in [-0.15, -0.1) is 0 Å². The zero-order valence-corrected chi connectivity index (χ0v) is 8.13. The van der Waals surface area contributed by atoms with Crippen molar-refractivity contribution in [2.24, 2.45) is 5.92 Å². The Bertz CT molecular complexity index is 169. The molecular formula is C10H18O2. The molecule has 0 fully saturated rings. The smallest absolute Gasteiger partial charge is 0.186 e. The maximum absolute atomic E-state index is 11.3. The van der Waals surface area contributed by atoms with Crippen LogP contribution >= 0.6 is 0 Å². The van der Waals surface area contributed by atoms with E-state index in [1.807, 2.05) is 13.8 Å². The number of rotatable bonds is 5. The van der Waals surface area contributed by atoms with Crippen LogP contribution in [0.2, 0.25) is 0 Å². The van der Waals surface area contributed by atoms with Gasteiger partial charge in [-0.25, -0.2) is 0 Å². The number of ketones is 1. The van der Waals surface area contributed by atoms with Gasteiger partial charge in [0.25, 0.3) is 0 Å². The first kappa shape index (κ1) is 11.4. The van der Waals surface area contributed by atoms with Crippen LogP contribution in [0.25, 0.3) is 0 Å². The second-order valence-corrected chi connectivity index (χ2v) is 3.17. The Morgan fingerprint density at radius 2 is 1.83 bits per heavy atom. The molecule has 2 heteroatoms. The number of aliphatic hydroxyl groups excluding tert-OH is 1. The second kappa shape index (κ2) is 5.09. The Hall–Kier alpha value is -0.630. The monoisotopic (exact) mass is 170 g/mol. The highest BCUT2D eigenvalue weighted by atomic mass is 16.3. The lowest BCUT2D eigenvalue weighted by Crippen LogP contribution is -2.29.